The lowest BCUT2D eigenvalue weighted by molar-refractivity contribution is 0.314. The summed E-state index contributed by atoms with van der Waals surface area (Å²) >= 11 is 0. The molecule has 1 fully saturated rings. The van der Waals surface area contributed by atoms with Gasteiger partial charge in [-0.25, -0.2) is 0 Å². The molecule has 2 nitrogen and oxygen atoms in total. The third-order valence-corrected chi connectivity index (χ3v) is 3.87. The van der Waals surface area contributed by atoms with E-state index < -0.39 is 0 Å². The molecule has 0 N–H and O–H groups in total. The fourth-order valence-corrected chi connectivity index (χ4v) is 2.89. The topological polar surface area (TPSA) is 27.0 Å². The highest BCUT2D eigenvalue weighted by molar-refractivity contribution is 5.25. The quantitative estimate of drug-likeness (QED) is 0.791. The van der Waals surface area contributed by atoms with E-state index in [2.05, 4.69) is 30.0 Å². The zero-order chi connectivity index (χ0) is 12.8. The number of hydrogen-bond acceptors (Lipinski definition) is 2. The standard InChI is InChI=1S/C16H22N2/c1-2-6-14-9-10-18(12-14)13-16(11-17)15-7-4-3-5-8-15/h3-5,7-8,14,16H,2,6,9-10,12-13H2,1H3. The van der Waals surface area contributed by atoms with Gasteiger partial charge in [0, 0.05) is 13.1 Å². The number of hydrogen-bond donors (Lipinski definition) is 0. The summed E-state index contributed by atoms with van der Waals surface area (Å²) in [4.78, 5) is 2.46. The van der Waals surface area contributed by atoms with Gasteiger partial charge in [0.2, 0.25) is 0 Å². The van der Waals surface area contributed by atoms with Crippen molar-refractivity contribution in [2.45, 2.75) is 32.1 Å². The lowest BCUT2D eigenvalue weighted by atomic mass is 10.00. The van der Waals surface area contributed by atoms with Gasteiger partial charge in [0.05, 0.1) is 12.0 Å². The van der Waals surface area contributed by atoms with E-state index in [-0.39, 0.29) is 5.92 Å². The van der Waals surface area contributed by atoms with Crippen LogP contribution in [0.4, 0.5) is 0 Å². The molecule has 0 spiro atoms. The number of likely N-dealkylation sites (tertiary alicyclic amines) is 1. The van der Waals surface area contributed by atoms with Crippen LogP contribution in [-0.4, -0.2) is 24.5 Å². The first-order valence-corrected chi connectivity index (χ1v) is 7.00. The van der Waals surface area contributed by atoms with Crippen LogP contribution in [0.1, 0.15) is 37.7 Å². The normalized spacial score (nSPS) is 21.7. The predicted molar refractivity (Wildman–Crippen MR) is 74.3 cm³/mol. The summed E-state index contributed by atoms with van der Waals surface area (Å²) in [6.07, 6.45) is 3.92. The molecule has 1 heterocycles. The summed E-state index contributed by atoms with van der Waals surface area (Å²) in [5.41, 5.74) is 1.15. The van der Waals surface area contributed by atoms with E-state index in [0.717, 1.165) is 24.6 Å². The fourth-order valence-electron chi connectivity index (χ4n) is 2.89. The van der Waals surface area contributed by atoms with E-state index in [1.54, 1.807) is 0 Å². The maximum Gasteiger partial charge on any atom is 0.0839 e. The van der Waals surface area contributed by atoms with Gasteiger partial charge in [-0.15, -0.1) is 0 Å². The van der Waals surface area contributed by atoms with E-state index in [4.69, 9.17) is 0 Å². The Bertz CT molecular complexity index is 393. The molecule has 1 aliphatic heterocycles. The molecule has 2 atom stereocenters. The van der Waals surface area contributed by atoms with Gasteiger partial charge in [-0.3, -0.25) is 0 Å². The van der Waals surface area contributed by atoms with Gasteiger partial charge in [-0.1, -0.05) is 43.7 Å². The highest BCUT2D eigenvalue weighted by atomic mass is 15.1. The minimum atomic E-state index is 0.0200. The summed E-state index contributed by atoms with van der Waals surface area (Å²) in [5, 5.41) is 9.33. The van der Waals surface area contributed by atoms with Crippen LogP contribution in [0, 0.1) is 17.2 Å². The highest BCUT2D eigenvalue weighted by Crippen LogP contribution is 2.24. The van der Waals surface area contributed by atoms with Crippen LogP contribution >= 0.6 is 0 Å². The van der Waals surface area contributed by atoms with Gasteiger partial charge in [0.1, 0.15) is 0 Å². The number of nitriles is 1. The Hall–Kier alpha value is -1.33. The molecule has 1 aromatic rings. The Morgan fingerprint density at radius 2 is 2.17 bits per heavy atom. The van der Waals surface area contributed by atoms with E-state index >= 15 is 0 Å². The number of benzene rings is 1. The molecule has 0 radical (unpaired) electrons. The minimum absolute atomic E-state index is 0.0200. The molecular weight excluding hydrogens is 220 g/mol. The molecule has 2 unspecified atom stereocenters. The van der Waals surface area contributed by atoms with Crippen molar-refractivity contribution in [1.29, 1.82) is 5.26 Å². The Morgan fingerprint density at radius 1 is 1.39 bits per heavy atom. The van der Waals surface area contributed by atoms with Gasteiger partial charge in [0.25, 0.3) is 0 Å². The predicted octanol–water partition coefficient (Wildman–Crippen LogP) is 3.42. The van der Waals surface area contributed by atoms with Crippen LogP contribution in [0.2, 0.25) is 0 Å². The fraction of sp³-hybridized carbons (Fsp3) is 0.562. The van der Waals surface area contributed by atoms with Crippen LogP contribution in [-0.2, 0) is 0 Å². The summed E-state index contributed by atoms with van der Waals surface area (Å²) in [5.74, 6) is 0.872. The van der Waals surface area contributed by atoms with E-state index in [1.807, 2.05) is 18.2 Å². The molecule has 1 aliphatic rings. The first-order valence-electron chi connectivity index (χ1n) is 7.00. The van der Waals surface area contributed by atoms with Crippen molar-refractivity contribution in [1.82, 2.24) is 4.90 Å². The van der Waals surface area contributed by atoms with Gasteiger partial charge in [0.15, 0.2) is 0 Å². The molecule has 2 rings (SSSR count). The third-order valence-electron chi connectivity index (χ3n) is 3.87. The van der Waals surface area contributed by atoms with Crippen molar-refractivity contribution in [2.75, 3.05) is 19.6 Å². The first-order chi connectivity index (χ1) is 8.83. The van der Waals surface area contributed by atoms with Crippen LogP contribution < -0.4 is 0 Å². The van der Waals surface area contributed by atoms with Crippen molar-refractivity contribution in [3.05, 3.63) is 35.9 Å². The minimum Gasteiger partial charge on any atom is -0.301 e. The molecule has 0 bridgehead atoms. The second-order valence-corrected chi connectivity index (χ2v) is 5.30. The Morgan fingerprint density at radius 3 is 2.83 bits per heavy atom. The number of rotatable bonds is 5. The molecule has 0 amide bonds. The highest BCUT2D eigenvalue weighted by Gasteiger charge is 2.24. The molecule has 0 aromatic heterocycles. The molecule has 1 aromatic carbocycles. The average molecular weight is 242 g/mol. The van der Waals surface area contributed by atoms with Gasteiger partial charge in [-0.2, -0.15) is 5.26 Å². The van der Waals surface area contributed by atoms with Crippen molar-refractivity contribution < 1.29 is 0 Å². The molecule has 18 heavy (non-hydrogen) atoms. The van der Waals surface area contributed by atoms with Crippen LogP contribution in [0.3, 0.4) is 0 Å². The SMILES string of the molecule is CCCC1CCN(CC(C#N)c2ccccc2)C1. The monoisotopic (exact) mass is 242 g/mol. The molecule has 1 saturated heterocycles. The van der Waals surface area contributed by atoms with Gasteiger partial charge < -0.3 is 4.90 Å². The molecule has 0 aliphatic carbocycles. The van der Waals surface area contributed by atoms with Gasteiger partial charge in [-0.05, 0) is 30.9 Å². The van der Waals surface area contributed by atoms with Crippen molar-refractivity contribution >= 4 is 0 Å². The van der Waals surface area contributed by atoms with Crippen LogP contribution in [0.5, 0.6) is 0 Å². The van der Waals surface area contributed by atoms with E-state index in [1.165, 1.54) is 25.8 Å². The Labute approximate surface area is 110 Å². The molecule has 96 valence electrons. The zero-order valence-electron chi connectivity index (χ0n) is 11.2. The van der Waals surface area contributed by atoms with Gasteiger partial charge >= 0.3 is 0 Å². The van der Waals surface area contributed by atoms with Crippen molar-refractivity contribution in [2.24, 2.45) is 5.92 Å². The summed E-state index contributed by atoms with van der Waals surface area (Å²) in [7, 11) is 0. The first kappa shape index (κ1) is 13.1. The van der Waals surface area contributed by atoms with Crippen molar-refractivity contribution in [3.8, 4) is 6.07 Å². The molecule has 2 heteroatoms. The molecular formula is C16H22N2. The largest absolute Gasteiger partial charge is 0.301 e. The second kappa shape index (κ2) is 6.56. The molecule has 0 saturated carbocycles. The Kier molecular flexibility index (Phi) is 4.78. The maximum absolute atomic E-state index is 9.33. The summed E-state index contributed by atoms with van der Waals surface area (Å²) in [6, 6.07) is 12.6. The summed E-state index contributed by atoms with van der Waals surface area (Å²) < 4.78 is 0. The number of nitrogens with zero attached hydrogens (tertiary/aromatic N) is 2. The zero-order valence-corrected chi connectivity index (χ0v) is 11.2. The van der Waals surface area contributed by atoms with Crippen LogP contribution in [0.25, 0.3) is 0 Å². The van der Waals surface area contributed by atoms with E-state index in [0.29, 0.717) is 0 Å². The lowest BCUT2D eigenvalue weighted by Gasteiger charge is -2.19. The van der Waals surface area contributed by atoms with Crippen LogP contribution in [0.15, 0.2) is 30.3 Å². The smallest absolute Gasteiger partial charge is 0.0839 e. The second-order valence-electron chi connectivity index (χ2n) is 5.30. The maximum atomic E-state index is 9.33. The van der Waals surface area contributed by atoms with E-state index in [9.17, 15) is 5.26 Å². The van der Waals surface area contributed by atoms with Crippen molar-refractivity contribution in [3.63, 3.8) is 0 Å². The average Bonchev–Trinajstić information content (AvgIpc) is 2.85. The lowest BCUT2D eigenvalue weighted by Crippen LogP contribution is -2.26. The Balaban J connectivity index is 1.91. The summed E-state index contributed by atoms with van der Waals surface area (Å²) in [6.45, 7) is 5.49. The third kappa shape index (κ3) is 3.34.